The molecule has 1 aromatic carbocycles. The van der Waals surface area contributed by atoms with Crippen molar-refractivity contribution in [2.45, 2.75) is 13.0 Å². The molecule has 0 aliphatic rings. The summed E-state index contributed by atoms with van der Waals surface area (Å²) in [7, 11) is 3.23. The molecular weight excluding hydrogens is 206 g/mol. The van der Waals surface area contributed by atoms with Crippen LogP contribution in [-0.2, 0) is 9.53 Å². The summed E-state index contributed by atoms with van der Waals surface area (Å²) in [5, 5.41) is 3.14. The molecule has 0 heterocycles. The van der Waals surface area contributed by atoms with Crippen molar-refractivity contribution in [1.29, 1.82) is 0 Å². The number of carbonyl (C=O) groups is 1. The molecule has 1 atom stereocenters. The van der Waals surface area contributed by atoms with Gasteiger partial charge in [-0.2, -0.15) is 0 Å². The van der Waals surface area contributed by atoms with Crippen LogP contribution in [0.25, 0.3) is 0 Å². The minimum Gasteiger partial charge on any atom is -0.482 e. The largest absolute Gasteiger partial charge is 0.482 e. The maximum atomic E-state index is 10.9. The molecule has 0 saturated carbocycles. The van der Waals surface area contributed by atoms with Crippen molar-refractivity contribution >= 4 is 5.97 Å². The Morgan fingerprint density at radius 1 is 1.50 bits per heavy atom. The monoisotopic (exact) mass is 223 g/mol. The number of hydrogen-bond acceptors (Lipinski definition) is 4. The Morgan fingerprint density at radius 3 is 2.88 bits per heavy atom. The summed E-state index contributed by atoms with van der Waals surface area (Å²) in [6.45, 7) is 1.99. The van der Waals surface area contributed by atoms with E-state index in [0.717, 1.165) is 5.56 Å². The molecule has 16 heavy (non-hydrogen) atoms. The third-order valence-corrected chi connectivity index (χ3v) is 2.38. The van der Waals surface area contributed by atoms with Crippen LogP contribution in [0.5, 0.6) is 5.75 Å². The highest BCUT2D eigenvalue weighted by Crippen LogP contribution is 2.18. The van der Waals surface area contributed by atoms with Gasteiger partial charge in [0, 0.05) is 6.04 Å². The number of carbonyl (C=O) groups excluding carboxylic acids is 1. The molecular formula is C12H17NO3. The number of hydrogen-bond donors (Lipinski definition) is 1. The molecule has 0 amide bonds. The van der Waals surface area contributed by atoms with E-state index in [9.17, 15) is 4.79 Å². The topological polar surface area (TPSA) is 47.6 Å². The summed E-state index contributed by atoms with van der Waals surface area (Å²) < 4.78 is 9.79. The molecule has 1 aromatic rings. The molecule has 0 spiro atoms. The summed E-state index contributed by atoms with van der Waals surface area (Å²) in [6, 6.07) is 7.88. The molecule has 88 valence electrons. The molecule has 1 rings (SSSR count). The zero-order valence-corrected chi connectivity index (χ0v) is 9.82. The third-order valence-electron chi connectivity index (χ3n) is 2.38. The predicted octanol–water partition coefficient (Wildman–Crippen LogP) is 1.52. The highest BCUT2D eigenvalue weighted by Gasteiger charge is 2.05. The lowest BCUT2D eigenvalue weighted by molar-refractivity contribution is -0.142. The minimum absolute atomic E-state index is 0.0616. The van der Waals surface area contributed by atoms with Gasteiger partial charge in [0.25, 0.3) is 0 Å². The van der Waals surface area contributed by atoms with Gasteiger partial charge in [-0.05, 0) is 31.7 Å². The average molecular weight is 223 g/mol. The van der Waals surface area contributed by atoms with E-state index >= 15 is 0 Å². The fraction of sp³-hybridized carbons (Fsp3) is 0.417. The van der Waals surface area contributed by atoms with Crippen molar-refractivity contribution < 1.29 is 14.3 Å². The summed E-state index contributed by atoms with van der Waals surface area (Å²) in [4.78, 5) is 10.9. The highest BCUT2D eigenvalue weighted by molar-refractivity contribution is 5.70. The van der Waals surface area contributed by atoms with Gasteiger partial charge in [-0.15, -0.1) is 0 Å². The van der Waals surface area contributed by atoms with E-state index in [2.05, 4.69) is 17.0 Å². The molecule has 1 N–H and O–H groups in total. The molecule has 0 aliphatic heterocycles. The van der Waals surface area contributed by atoms with Gasteiger partial charge in [-0.1, -0.05) is 12.1 Å². The van der Waals surface area contributed by atoms with Crippen molar-refractivity contribution in [2.24, 2.45) is 0 Å². The van der Waals surface area contributed by atoms with E-state index in [4.69, 9.17) is 4.74 Å². The molecule has 0 saturated heterocycles. The number of benzene rings is 1. The number of esters is 1. The van der Waals surface area contributed by atoms with Crippen LogP contribution in [0.2, 0.25) is 0 Å². The van der Waals surface area contributed by atoms with Crippen molar-refractivity contribution in [3.05, 3.63) is 29.8 Å². The van der Waals surface area contributed by atoms with Gasteiger partial charge in [0.15, 0.2) is 6.61 Å². The molecule has 4 heteroatoms. The molecule has 1 unspecified atom stereocenters. The molecule has 0 fully saturated rings. The lowest BCUT2D eigenvalue weighted by Crippen LogP contribution is -2.14. The van der Waals surface area contributed by atoms with Crippen LogP contribution in [0.4, 0.5) is 0 Å². The number of rotatable bonds is 5. The van der Waals surface area contributed by atoms with E-state index in [1.165, 1.54) is 7.11 Å². The van der Waals surface area contributed by atoms with Crippen LogP contribution in [0.15, 0.2) is 24.3 Å². The fourth-order valence-corrected chi connectivity index (χ4v) is 1.24. The first kappa shape index (κ1) is 12.5. The van der Waals surface area contributed by atoms with Gasteiger partial charge in [-0.3, -0.25) is 0 Å². The Kier molecular flexibility index (Phi) is 4.79. The van der Waals surface area contributed by atoms with E-state index in [0.29, 0.717) is 5.75 Å². The summed E-state index contributed by atoms with van der Waals surface area (Å²) in [6.07, 6.45) is 0. The van der Waals surface area contributed by atoms with Crippen molar-refractivity contribution in [3.8, 4) is 5.75 Å². The van der Waals surface area contributed by atoms with Crippen molar-refractivity contribution in [3.63, 3.8) is 0 Å². The Bertz CT molecular complexity index is 352. The van der Waals surface area contributed by atoms with Crippen LogP contribution in [-0.4, -0.2) is 26.7 Å². The Hall–Kier alpha value is -1.55. The van der Waals surface area contributed by atoms with Gasteiger partial charge < -0.3 is 14.8 Å². The van der Waals surface area contributed by atoms with Crippen molar-refractivity contribution in [1.82, 2.24) is 5.32 Å². The summed E-state index contributed by atoms with van der Waals surface area (Å²) >= 11 is 0. The third kappa shape index (κ3) is 3.55. The first-order chi connectivity index (χ1) is 7.67. The van der Waals surface area contributed by atoms with Gasteiger partial charge in [0.2, 0.25) is 0 Å². The van der Waals surface area contributed by atoms with Gasteiger partial charge in [-0.25, -0.2) is 4.79 Å². The first-order valence-electron chi connectivity index (χ1n) is 5.14. The van der Waals surface area contributed by atoms with Crippen LogP contribution >= 0.6 is 0 Å². The Morgan fingerprint density at radius 2 is 2.25 bits per heavy atom. The maximum Gasteiger partial charge on any atom is 0.343 e. The van der Waals surface area contributed by atoms with E-state index in [1.807, 2.05) is 31.3 Å². The Balaban J connectivity index is 2.64. The van der Waals surface area contributed by atoms with Crippen LogP contribution in [0, 0.1) is 0 Å². The van der Waals surface area contributed by atoms with Gasteiger partial charge >= 0.3 is 5.97 Å². The number of ether oxygens (including phenoxy) is 2. The van der Waals surface area contributed by atoms with Crippen LogP contribution in [0.1, 0.15) is 18.5 Å². The molecule has 0 bridgehead atoms. The van der Waals surface area contributed by atoms with Crippen LogP contribution in [0.3, 0.4) is 0 Å². The Labute approximate surface area is 95.6 Å². The van der Waals surface area contributed by atoms with E-state index < -0.39 is 0 Å². The van der Waals surface area contributed by atoms with Crippen molar-refractivity contribution in [2.75, 3.05) is 20.8 Å². The minimum atomic E-state index is -0.382. The SMILES string of the molecule is CNC(C)c1cccc(OCC(=O)OC)c1. The number of nitrogens with one attached hydrogen (secondary N) is 1. The second kappa shape index (κ2) is 6.12. The lowest BCUT2D eigenvalue weighted by atomic mass is 10.1. The first-order valence-corrected chi connectivity index (χ1v) is 5.14. The standard InChI is InChI=1S/C12H17NO3/c1-9(13-2)10-5-4-6-11(7-10)16-8-12(14)15-3/h4-7,9,13H,8H2,1-3H3. The molecule has 0 aliphatic carbocycles. The van der Waals surface area contributed by atoms with Gasteiger partial charge in [0.1, 0.15) is 5.75 Å². The maximum absolute atomic E-state index is 10.9. The quantitative estimate of drug-likeness (QED) is 0.769. The molecule has 0 radical (unpaired) electrons. The lowest BCUT2D eigenvalue weighted by Gasteiger charge is -2.12. The van der Waals surface area contributed by atoms with E-state index in [1.54, 1.807) is 0 Å². The summed E-state index contributed by atoms with van der Waals surface area (Å²) in [5.74, 6) is 0.289. The molecule has 0 aromatic heterocycles. The second-order valence-corrected chi connectivity index (χ2v) is 3.45. The van der Waals surface area contributed by atoms with E-state index in [-0.39, 0.29) is 18.6 Å². The summed E-state index contributed by atoms with van der Waals surface area (Å²) in [5.41, 5.74) is 1.12. The smallest absolute Gasteiger partial charge is 0.343 e. The second-order valence-electron chi connectivity index (χ2n) is 3.45. The average Bonchev–Trinajstić information content (AvgIpc) is 2.35. The normalized spacial score (nSPS) is 11.9. The van der Waals surface area contributed by atoms with Crippen LogP contribution < -0.4 is 10.1 Å². The zero-order valence-electron chi connectivity index (χ0n) is 9.82. The highest BCUT2D eigenvalue weighted by atomic mass is 16.6. The van der Waals surface area contributed by atoms with Gasteiger partial charge in [0.05, 0.1) is 7.11 Å². The predicted molar refractivity (Wildman–Crippen MR) is 61.4 cm³/mol. The molecule has 4 nitrogen and oxygen atoms in total. The number of methoxy groups -OCH3 is 1. The zero-order chi connectivity index (χ0) is 12.0. The fourth-order valence-electron chi connectivity index (χ4n) is 1.24.